The van der Waals surface area contributed by atoms with Crippen molar-refractivity contribution in [2.45, 2.75) is 57.7 Å². The van der Waals surface area contributed by atoms with Crippen LogP contribution in [0.4, 0.5) is 18.9 Å². The molecule has 1 aliphatic rings. The predicted octanol–water partition coefficient (Wildman–Crippen LogP) is 9.07. The van der Waals surface area contributed by atoms with Gasteiger partial charge in [0.15, 0.2) is 0 Å². The molecule has 39 heavy (non-hydrogen) atoms. The largest absolute Gasteiger partial charge is 0.379 e. The number of aryl methyl sites for hydroxylation is 1. The van der Waals surface area contributed by atoms with Gasteiger partial charge in [-0.1, -0.05) is 74.7 Å². The Morgan fingerprint density at radius 2 is 1.54 bits per heavy atom. The van der Waals surface area contributed by atoms with Crippen molar-refractivity contribution in [2.24, 2.45) is 0 Å². The Hall–Kier alpha value is -2.35. The van der Waals surface area contributed by atoms with Crippen molar-refractivity contribution in [2.75, 3.05) is 24.5 Å². The molecule has 0 aromatic heterocycles. The lowest BCUT2D eigenvalue weighted by atomic mass is 9.98. The molecule has 0 spiro atoms. The van der Waals surface area contributed by atoms with Crippen molar-refractivity contribution in [3.8, 4) is 0 Å². The van der Waals surface area contributed by atoms with Crippen molar-refractivity contribution in [3.05, 3.63) is 93.5 Å². The first-order valence-corrected chi connectivity index (χ1v) is 14.2. The van der Waals surface area contributed by atoms with Crippen LogP contribution in [0.5, 0.6) is 0 Å². The summed E-state index contributed by atoms with van der Waals surface area (Å²) < 4.78 is 29.0. The molecular weight excluding hydrogens is 564 g/mol. The van der Waals surface area contributed by atoms with E-state index in [1.54, 1.807) is 0 Å². The summed E-state index contributed by atoms with van der Waals surface area (Å²) in [5.41, 5.74) is 4.59. The van der Waals surface area contributed by atoms with E-state index in [2.05, 4.69) is 48.7 Å². The van der Waals surface area contributed by atoms with Gasteiger partial charge in [0, 0.05) is 40.3 Å². The van der Waals surface area contributed by atoms with E-state index in [0.717, 1.165) is 40.4 Å². The van der Waals surface area contributed by atoms with Gasteiger partial charge in [0.2, 0.25) is 5.91 Å². The van der Waals surface area contributed by atoms with E-state index in [0.29, 0.717) is 24.5 Å². The van der Waals surface area contributed by atoms with E-state index >= 15 is 0 Å². The maximum absolute atomic E-state index is 13.2. The average Bonchev–Trinajstić information content (AvgIpc) is 2.91. The molecular formula is C30H35Cl2F3N2OS. The second-order valence-corrected chi connectivity index (χ2v) is 10.1. The first-order chi connectivity index (χ1) is 18.7. The lowest BCUT2D eigenvalue weighted by molar-refractivity contribution is -0.131. The molecule has 212 valence electrons. The Kier molecular flexibility index (Phi) is 14.1. The standard InChI is InChI=1S/C27H28Cl2N2OS.C2H6.CHF3/c1-2-3-21-17-23(29)10-13-25(21)31-15-14-30(18-26(31)20-6-8-22(28)9-7-20)27(32)16-19-4-11-24(33)12-5-19;1-2;2-1(3)4/h4-13,17,26,33H,2-3,14-16,18H2,1H3;1-2H3;1H. The Bertz CT molecular complexity index is 1160. The highest BCUT2D eigenvalue weighted by atomic mass is 35.5. The minimum Gasteiger partial charge on any atom is -0.361 e. The molecule has 1 amide bonds. The second kappa shape index (κ2) is 16.7. The van der Waals surface area contributed by atoms with Gasteiger partial charge in [-0.25, -0.2) is 0 Å². The molecule has 1 fully saturated rings. The maximum atomic E-state index is 13.2. The van der Waals surface area contributed by atoms with Gasteiger partial charge in [0.1, 0.15) is 0 Å². The fourth-order valence-electron chi connectivity index (χ4n) is 4.47. The number of carbonyl (C=O) groups is 1. The van der Waals surface area contributed by atoms with Crippen molar-refractivity contribution >= 4 is 47.4 Å². The van der Waals surface area contributed by atoms with Gasteiger partial charge in [0.25, 0.3) is 0 Å². The number of carbonyl (C=O) groups excluding carboxylic acids is 1. The summed E-state index contributed by atoms with van der Waals surface area (Å²) in [7, 11) is 0. The third-order valence-corrected chi connectivity index (χ3v) is 6.94. The van der Waals surface area contributed by atoms with E-state index in [1.165, 1.54) is 11.3 Å². The molecule has 3 aromatic rings. The number of thiol groups is 1. The lowest BCUT2D eigenvalue weighted by Gasteiger charge is -2.44. The lowest BCUT2D eigenvalue weighted by Crippen LogP contribution is -2.51. The van der Waals surface area contributed by atoms with E-state index in [9.17, 15) is 18.0 Å². The molecule has 3 nitrogen and oxygen atoms in total. The highest BCUT2D eigenvalue weighted by Crippen LogP contribution is 2.35. The first-order valence-electron chi connectivity index (χ1n) is 13.0. The van der Waals surface area contributed by atoms with Gasteiger partial charge in [-0.05, 0) is 65.6 Å². The molecule has 9 heteroatoms. The molecule has 1 heterocycles. The van der Waals surface area contributed by atoms with Crippen LogP contribution in [0.2, 0.25) is 10.0 Å². The smallest absolute Gasteiger partial charge is 0.361 e. The summed E-state index contributed by atoms with van der Waals surface area (Å²) in [4.78, 5) is 18.5. The van der Waals surface area contributed by atoms with Crippen LogP contribution in [0, 0.1) is 0 Å². The Labute approximate surface area is 245 Å². The van der Waals surface area contributed by atoms with Crippen molar-refractivity contribution < 1.29 is 18.0 Å². The topological polar surface area (TPSA) is 23.6 Å². The number of benzene rings is 3. The van der Waals surface area contributed by atoms with Crippen molar-refractivity contribution in [3.63, 3.8) is 0 Å². The third kappa shape index (κ3) is 10.3. The van der Waals surface area contributed by atoms with E-state index in [4.69, 9.17) is 23.2 Å². The molecule has 1 atom stereocenters. The second-order valence-electron chi connectivity index (χ2n) is 8.71. The highest BCUT2D eigenvalue weighted by Gasteiger charge is 2.32. The summed E-state index contributed by atoms with van der Waals surface area (Å²) in [5, 5.41) is 1.46. The van der Waals surface area contributed by atoms with Crippen LogP contribution >= 0.6 is 35.8 Å². The summed E-state index contributed by atoms with van der Waals surface area (Å²) in [6.07, 6.45) is 2.40. The van der Waals surface area contributed by atoms with E-state index in [-0.39, 0.29) is 11.9 Å². The van der Waals surface area contributed by atoms with Gasteiger partial charge >= 0.3 is 6.68 Å². The fourth-order valence-corrected chi connectivity index (χ4v) is 4.94. The number of piperazine rings is 1. The fraction of sp³-hybridized carbons (Fsp3) is 0.367. The number of nitrogens with zero attached hydrogens (tertiary/aromatic N) is 2. The molecule has 0 saturated carbocycles. The number of halogens is 5. The van der Waals surface area contributed by atoms with E-state index < -0.39 is 6.68 Å². The number of rotatable bonds is 6. The molecule has 4 rings (SSSR count). The quantitative estimate of drug-likeness (QED) is 0.286. The van der Waals surface area contributed by atoms with Crippen LogP contribution in [0.1, 0.15) is 49.9 Å². The van der Waals surface area contributed by atoms with Gasteiger partial charge < -0.3 is 9.80 Å². The zero-order valence-corrected chi connectivity index (χ0v) is 24.8. The molecule has 1 saturated heterocycles. The maximum Gasteiger partial charge on any atom is 0.379 e. The number of anilines is 1. The number of alkyl halides is 3. The summed E-state index contributed by atoms with van der Waals surface area (Å²) >= 11 is 16.8. The van der Waals surface area contributed by atoms with Crippen molar-refractivity contribution in [1.82, 2.24) is 4.90 Å². The Morgan fingerprint density at radius 3 is 2.13 bits per heavy atom. The summed E-state index contributed by atoms with van der Waals surface area (Å²) in [5.74, 6) is 0.144. The Morgan fingerprint density at radius 1 is 0.949 bits per heavy atom. The zero-order chi connectivity index (χ0) is 28.9. The van der Waals surface area contributed by atoms with Crippen LogP contribution in [0.15, 0.2) is 71.6 Å². The SMILES string of the molecule is CC.CCCc1cc(Cl)ccc1N1CCN(C(=O)Cc2ccc(S)cc2)CC1c1ccc(Cl)cc1.FC(F)F. The number of hydrogen-bond donors (Lipinski definition) is 1. The molecule has 1 aliphatic heterocycles. The number of hydrogen-bond acceptors (Lipinski definition) is 3. The van der Waals surface area contributed by atoms with Crippen LogP contribution < -0.4 is 4.90 Å². The minimum absolute atomic E-state index is 0.0385. The predicted molar refractivity (Wildman–Crippen MR) is 159 cm³/mol. The number of amides is 1. The van der Waals surface area contributed by atoms with Crippen LogP contribution in [0.3, 0.4) is 0 Å². The molecule has 0 radical (unpaired) electrons. The van der Waals surface area contributed by atoms with Gasteiger partial charge in [-0.2, -0.15) is 13.2 Å². The van der Waals surface area contributed by atoms with Gasteiger partial charge in [-0.3, -0.25) is 4.79 Å². The highest BCUT2D eigenvalue weighted by molar-refractivity contribution is 7.80. The normalized spacial score (nSPS) is 14.8. The molecule has 0 N–H and O–H groups in total. The first kappa shape index (κ1) is 32.9. The Balaban J connectivity index is 0.000000815. The van der Waals surface area contributed by atoms with Gasteiger partial charge in [0.05, 0.1) is 12.5 Å². The van der Waals surface area contributed by atoms with Crippen molar-refractivity contribution in [1.29, 1.82) is 0 Å². The van der Waals surface area contributed by atoms with Crippen LogP contribution in [0.25, 0.3) is 0 Å². The molecule has 3 aromatic carbocycles. The van der Waals surface area contributed by atoms with E-state index in [1.807, 2.05) is 61.2 Å². The molecule has 1 unspecified atom stereocenters. The average molecular weight is 600 g/mol. The zero-order valence-electron chi connectivity index (χ0n) is 22.4. The molecule has 0 aliphatic carbocycles. The monoisotopic (exact) mass is 598 g/mol. The molecule has 0 bridgehead atoms. The van der Waals surface area contributed by atoms with Crippen LogP contribution in [-0.2, 0) is 17.6 Å². The third-order valence-electron chi connectivity index (χ3n) is 6.15. The minimum atomic E-state index is -3.67. The van der Waals surface area contributed by atoms with Crippen LogP contribution in [-0.4, -0.2) is 37.1 Å². The van der Waals surface area contributed by atoms with Gasteiger partial charge in [-0.15, -0.1) is 12.6 Å². The summed E-state index contributed by atoms with van der Waals surface area (Å²) in [6, 6.07) is 21.9. The summed E-state index contributed by atoms with van der Waals surface area (Å²) in [6.45, 7) is 4.58.